The Labute approximate surface area is 159 Å². The maximum atomic E-state index is 11.6. The van der Waals surface area contributed by atoms with E-state index in [0.717, 1.165) is 12.0 Å². The van der Waals surface area contributed by atoms with Crippen LogP contribution in [0.4, 0.5) is 4.79 Å². The van der Waals surface area contributed by atoms with Gasteiger partial charge in [0, 0.05) is 43.7 Å². The first-order chi connectivity index (χ1) is 12.2. The summed E-state index contributed by atoms with van der Waals surface area (Å²) in [6.07, 6.45) is 0.656. The molecule has 0 spiro atoms. The molecule has 7 heteroatoms. The molecule has 1 aliphatic heterocycles. The highest BCUT2D eigenvalue weighted by Gasteiger charge is 2.35. The largest absolute Gasteiger partial charge is 0.465 e. The molecular formula is C19H26ClN3O3. The lowest BCUT2D eigenvalue weighted by Gasteiger charge is -2.39. The molecule has 3 unspecified atom stereocenters. The third-order valence-electron chi connectivity index (χ3n) is 5.26. The van der Waals surface area contributed by atoms with E-state index in [0.29, 0.717) is 30.1 Å². The number of nitrogens with zero attached hydrogens (tertiary/aromatic N) is 2. The van der Waals surface area contributed by atoms with Crippen LogP contribution in [0.5, 0.6) is 0 Å². The van der Waals surface area contributed by atoms with Gasteiger partial charge >= 0.3 is 6.09 Å². The van der Waals surface area contributed by atoms with Crippen molar-refractivity contribution in [1.82, 2.24) is 9.80 Å². The van der Waals surface area contributed by atoms with Crippen LogP contribution in [0.2, 0.25) is 5.02 Å². The molecule has 1 aromatic rings. The van der Waals surface area contributed by atoms with Crippen LogP contribution < -0.4 is 0 Å². The highest BCUT2D eigenvalue weighted by Crippen LogP contribution is 2.33. The number of likely N-dealkylation sites (tertiary alicyclic amines) is 1. The predicted octanol–water partition coefficient (Wildman–Crippen LogP) is 3.84. The zero-order valence-corrected chi connectivity index (χ0v) is 16.2. The van der Waals surface area contributed by atoms with Crippen molar-refractivity contribution in [2.45, 2.75) is 51.1 Å². The number of hydrogen-bond donors (Lipinski definition) is 2. The van der Waals surface area contributed by atoms with Crippen molar-refractivity contribution in [3.8, 4) is 0 Å². The molecule has 1 heterocycles. The van der Waals surface area contributed by atoms with E-state index in [2.05, 4.69) is 0 Å². The number of rotatable bonds is 5. The number of hydrogen-bond acceptors (Lipinski definition) is 3. The van der Waals surface area contributed by atoms with Crippen LogP contribution in [0.1, 0.15) is 44.6 Å². The average Bonchev–Trinajstić information content (AvgIpc) is 2.60. The van der Waals surface area contributed by atoms with Crippen molar-refractivity contribution in [1.29, 1.82) is 5.41 Å². The van der Waals surface area contributed by atoms with Gasteiger partial charge in [0.25, 0.3) is 0 Å². The van der Waals surface area contributed by atoms with Gasteiger partial charge in [-0.2, -0.15) is 0 Å². The fraction of sp³-hybridized carbons (Fsp3) is 0.526. The summed E-state index contributed by atoms with van der Waals surface area (Å²) in [5.41, 5.74) is 1.47. The Balaban J connectivity index is 2.14. The molecule has 1 saturated heterocycles. The second kappa shape index (κ2) is 8.54. The van der Waals surface area contributed by atoms with Crippen LogP contribution in [0.3, 0.4) is 0 Å². The first-order valence-electron chi connectivity index (χ1n) is 8.76. The zero-order valence-electron chi connectivity index (χ0n) is 15.4. The van der Waals surface area contributed by atoms with Crippen molar-refractivity contribution in [3.05, 3.63) is 34.9 Å². The normalized spacial score (nSPS) is 21.2. The van der Waals surface area contributed by atoms with Crippen molar-refractivity contribution in [3.63, 3.8) is 0 Å². The second-order valence-corrected chi connectivity index (χ2v) is 7.41. The maximum absolute atomic E-state index is 11.6. The summed E-state index contributed by atoms with van der Waals surface area (Å²) in [4.78, 5) is 26.1. The molecule has 6 nitrogen and oxygen atoms in total. The molecule has 1 aromatic carbocycles. The molecule has 3 atom stereocenters. The van der Waals surface area contributed by atoms with E-state index >= 15 is 0 Å². The van der Waals surface area contributed by atoms with Gasteiger partial charge in [0.05, 0.1) is 6.04 Å². The molecule has 0 aliphatic carbocycles. The minimum absolute atomic E-state index is 0.0666. The molecule has 0 aromatic heterocycles. The highest BCUT2D eigenvalue weighted by atomic mass is 35.5. The molecule has 26 heavy (non-hydrogen) atoms. The number of benzene rings is 1. The molecular weight excluding hydrogens is 354 g/mol. The van der Waals surface area contributed by atoms with E-state index in [1.165, 1.54) is 11.8 Å². The quantitative estimate of drug-likeness (QED) is 0.762. The summed E-state index contributed by atoms with van der Waals surface area (Å²) >= 11 is 5.95. The molecule has 1 aliphatic rings. The number of halogens is 1. The van der Waals surface area contributed by atoms with Gasteiger partial charge in [-0.1, -0.05) is 23.7 Å². The number of amides is 2. The number of piperidine rings is 1. The first-order valence-corrected chi connectivity index (χ1v) is 9.14. The average molecular weight is 380 g/mol. The number of nitrogens with one attached hydrogen (secondary N) is 1. The minimum atomic E-state index is -0.998. The van der Waals surface area contributed by atoms with Gasteiger partial charge in [-0.25, -0.2) is 4.79 Å². The van der Waals surface area contributed by atoms with Crippen molar-refractivity contribution in [2.24, 2.45) is 0 Å². The van der Waals surface area contributed by atoms with E-state index in [1.54, 1.807) is 11.9 Å². The lowest BCUT2D eigenvalue weighted by atomic mass is 9.83. The molecule has 2 N–H and O–H groups in total. The molecule has 0 saturated carbocycles. The van der Waals surface area contributed by atoms with E-state index in [-0.39, 0.29) is 17.9 Å². The van der Waals surface area contributed by atoms with Crippen molar-refractivity contribution >= 4 is 29.3 Å². The SMILES string of the molecule is CC(=O)N(C)C(C)CC(=N)C1CC(c2ccc(Cl)cc2)CCN1C(=O)O. The van der Waals surface area contributed by atoms with Crippen LogP contribution in [-0.4, -0.2) is 58.3 Å². The summed E-state index contributed by atoms with van der Waals surface area (Å²) in [5, 5.41) is 18.7. The number of carbonyl (C=O) groups is 2. The summed E-state index contributed by atoms with van der Waals surface area (Å²) in [6.45, 7) is 3.76. The fourth-order valence-corrected chi connectivity index (χ4v) is 3.59. The van der Waals surface area contributed by atoms with Gasteiger partial charge < -0.3 is 20.3 Å². The van der Waals surface area contributed by atoms with E-state index < -0.39 is 12.1 Å². The van der Waals surface area contributed by atoms with Gasteiger partial charge in [-0.05, 0) is 43.4 Å². The van der Waals surface area contributed by atoms with Gasteiger partial charge in [-0.3, -0.25) is 4.79 Å². The molecule has 2 amide bonds. The standard InChI is InChI=1S/C19H26ClN3O3/c1-12(22(3)13(2)24)10-17(21)18-11-15(8-9-23(18)19(25)26)14-4-6-16(20)7-5-14/h4-7,12,15,18,21H,8-11H2,1-3H3,(H,25,26). The summed E-state index contributed by atoms with van der Waals surface area (Å²) < 4.78 is 0. The van der Waals surface area contributed by atoms with Crippen LogP contribution >= 0.6 is 11.6 Å². The number of carboxylic acid groups (broad SMARTS) is 1. The topological polar surface area (TPSA) is 84.7 Å². The Morgan fingerprint density at radius 2 is 2.00 bits per heavy atom. The summed E-state index contributed by atoms with van der Waals surface area (Å²) in [6, 6.07) is 7.00. The van der Waals surface area contributed by atoms with Crippen LogP contribution in [0, 0.1) is 5.41 Å². The van der Waals surface area contributed by atoms with Gasteiger partial charge in [0.15, 0.2) is 0 Å². The highest BCUT2D eigenvalue weighted by molar-refractivity contribution is 6.30. The van der Waals surface area contributed by atoms with Crippen LogP contribution in [-0.2, 0) is 4.79 Å². The Bertz CT molecular complexity index is 677. The molecule has 2 rings (SSSR count). The lowest BCUT2D eigenvalue weighted by Crippen LogP contribution is -2.50. The Kier molecular flexibility index (Phi) is 6.64. The fourth-order valence-electron chi connectivity index (χ4n) is 3.46. The molecule has 142 valence electrons. The van der Waals surface area contributed by atoms with E-state index in [1.807, 2.05) is 31.2 Å². The molecule has 0 radical (unpaired) electrons. The summed E-state index contributed by atoms with van der Waals surface area (Å²) in [5.74, 6) is 0.122. The first kappa shape index (κ1) is 20.2. The van der Waals surface area contributed by atoms with E-state index in [4.69, 9.17) is 17.0 Å². The Morgan fingerprint density at radius 3 is 2.54 bits per heavy atom. The Hall–Kier alpha value is -2.08. The van der Waals surface area contributed by atoms with Crippen LogP contribution in [0.15, 0.2) is 24.3 Å². The molecule has 1 fully saturated rings. The maximum Gasteiger partial charge on any atom is 0.407 e. The lowest BCUT2D eigenvalue weighted by molar-refractivity contribution is -0.129. The summed E-state index contributed by atoms with van der Waals surface area (Å²) in [7, 11) is 1.70. The third-order valence-corrected chi connectivity index (χ3v) is 5.52. The Morgan fingerprint density at radius 1 is 1.38 bits per heavy atom. The third kappa shape index (κ3) is 4.75. The van der Waals surface area contributed by atoms with Crippen molar-refractivity contribution in [2.75, 3.05) is 13.6 Å². The van der Waals surface area contributed by atoms with Crippen molar-refractivity contribution < 1.29 is 14.7 Å². The monoisotopic (exact) mass is 379 g/mol. The zero-order chi connectivity index (χ0) is 19.4. The van der Waals surface area contributed by atoms with Gasteiger partial charge in [-0.15, -0.1) is 0 Å². The predicted molar refractivity (Wildman–Crippen MR) is 102 cm³/mol. The van der Waals surface area contributed by atoms with Crippen LogP contribution in [0.25, 0.3) is 0 Å². The molecule has 0 bridgehead atoms. The number of carbonyl (C=O) groups excluding carboxylic acids is 1. The second-order valence-electron chi connectivity index (χ2n) is 6.97. The minimum Gasteiger partial charge on any atom is -0.465 e. The van der Waals surface area contributed by atoms with E-state index in [9.17, 15) is 14.7 Å². The van der Waals surface area contributed by atoms with Gasteiger partial charge in [0.1, 0.15) is 0 Å². The van der Waals surface area contributed by atoms with Gasteiger partial charge in [0.2, 0.25) is 5.91 Å². The smallest absolute Gasteiger partial charge is 0.407 e.